The molecule has 0 saturated carbocycles. The molecule has 84 valence electrons. The van der Waals surface area contributed by atoms with Crippen LogP contribution in [-0.4, -0.2) is 25.3 Å². The van der Waals surface area contributed by atoms with Crippen LogP contribution in [0.4, 0.5) is 0 Å². The van der Waals surface area contributed by atoms with Crippen LogP contribution < -0.4 is 5.73 Å². The largest absolute Gasteiger partial charge is 0.508 e. The molecule has 5 heteroatoms. The monoisotopic (exact) mass is 229 g/mol. The predicted molar refractivity (Wildman–Crippen MR) is 58.4 cm³/mol. The summed E-state index contributed by atoms with van der Waals surface area (Å²) in [6.45, 7) is 1.98. The van der Waals surface area contributed by atoms with Crippen molar-refractivity contribution < 1.29 is 13.5 Å². The van der Waals surface area contributed by atoms with Crippen LogP contribution in [0, 0.1) is 0 Å². The van der Waals surface area contributed by atoms with Gasteiger partial charge in [-0.2, -0.15) is 0 Å². The molecule has 0 aromatic heterocycles. The molecule has 0 bridgehead atoms. The highest BCUT2D eigenvalue weighted by molar-refractivity contribution is 7.92. The lowest BCUT2D eigenvalue weighted by Gasteiger charge is -2.11. The standard InChI is InChI=1S/C10H15NO3S/c1-8(6-7-11)15(13,14)10-4-2-9(12)3-5-10/h2-5,8,12H,6-7,11H2,1H3. The van der Waals surface area contributed by atoms with Crippen LogP contribution in [0.25, 0.3) is 0 Å². The van der Waals surface area contributed by atoms with E-state index in [0.29, 0.717) is 13.0 Å². The first-order valence-corrected chi connectivity index (χ1v) is 6.26. The van der Waals surface area contributed by atoms with Gasteiger partial charge in [0.1, 0.15) is 5.75 Å². The number of hydrogen-bond donors (Lipinski definition) is 2. The Kier molecular flexibility index (Phi) is 3.71. The maximum atomic E-state index is 11.9. The Hall–Kier alpha value is -1.07. The Bertz CT molecular complexity index is 411. The van der Waals surface area contributed by atoms with Crippen molar-refractivity contribution in [1.29, 1.82) is 0 Å². The van der Waals surface area contributed by atoms with Gasteiger partial charge in [-0.05, 0) is 44.2 Å². The van der Waals surface area contributed by atoms with Crippen LogP contribution in [-0.2, 0) is 9.84 Å². The van der Waals surface area contributed by atoms with Crippen molar-refractivity contribution in [2.75, 3.05) is 6.54 Å². The van der Waals surface area contributed by atoms with E-state index in [4.69, 9.17) is 10.8 Å². The average Bonchev–Trinajstić information content (AvgIpc) is 2.18. The fourth-order valence-corrected chi connectivity index (χ4v) is 2.68. The van der Waals surface area contributed by atoms with Gasteiger partial charge in [0.2, 0.25) is 0 Å². The Morgan fingerprint density at radius 1 is 1.33 bits per heavy atom. The van der Waals surface area contributed by atoms with E-state index < -0.39 is 15.1 Å². The zero-order chi connectivity index (χ0) is 11.5. The SMILES string of the molecule is CC(CCN)S(=O)(=O)c1ccc(O)cc1. The third-order valence-electron chi connectivity index (χ3n) is 2.27. The minimum atomic E-state index is -3.31. The van der Waals surface area contributed by atoms with Crippen LogP contribution in [0.5, 0.6) is 5.75 Å². The normalized spacial score (nSPS) is 13.7. The zero-order valence-electron chi connectivity index (χ0n) is 8.55. The van der Waals surface area contributed by atoms with Gasteiger partial charge in [0.25, 0.3) is 0 Å². The van der Waals surface area contributed by atoms with Gasteiger partial charge in [0, 0.05) is 0 Å². The molecule has 1 aromatic carbocycles. The molecule has 1 rings (SSSR count). The summed E-state index contributed by atoms with van der Waals surface area (Å²) >= 11 is 0. The Morgan fingerprint density at radius 3 is 2.33 bits per heavy atom. The first-order valence-electron chi connectivity index (χ1n) is 4.71. The first kappa shape index (κ1) is 12.0. The topological polar surface area (TPSA) is 80.4 Å². The van der Waals surface area contributed by atoms with E-state index in [9.17, 15) is 8.42 Å². The molecule has 0 radical (unpaired) electrons. The summed E-state index contributed by atoms with van der Waals surface area (Å²) in [6, 6.07) is 5.53. The van der Waals surface area contributed by atoms with Gasteiger partial charge in [-0.1, -0.05) is 0 Å². The Morgan fingerprint density at radius 2 is 1.87 bits per heavy atom. The average molecular weight is 229 g/mol. The molecule has 0 spiro atoms. The fourth-order valence-electron chi connectivity index (χ4n) is 1.26. The number of phenolic OH excluding ortho intramolecular Hbond substituents is 1. The Balaban J connectivity index is 3.01. The van der Waals surface area contributed by atoms with E-state index in [1.54, 1.807) is 6.92 Å². The van der Waals surface area contributed by atoms with Crippen LogP contribution in [0.1, 0.15) is 13.3 Å². The molecule has 15 heavy (non-hydrogen) atoms. The van der Waals surface area contributed by atoms with E-state index in [2.05, 4.69) is 0 Å². The number of sulfone groups is 1. The summed E-state index contributed by atoms with van der Waals surface area (Å²) in [5.74, 6) is 0.0560. The highest BCUT2D eigenvalue weighted by Crippen LogP contribution is 2.20. The number of hydrogen-bond acceptors (Lipinski definition) is 4. The quantitative estimate of drug-likeness (QED) is 0.804. The van der Waals surface area contributed by atoms with Crippen LogP contribution in [0.2, 0.25) is 0 Å². The summed E-state index contributed by atoms with van der Waals surface area (Å²) in [4.78, 5) is 0.223. The van der Waals surface area contributed by atoms with Gasteiger partial charge in [-0.25, -0.2) is 8.42 Å². The van der Waals surface area contributed by atoms with Gasteiger partial charge < -0.3 is 10.8 Å². The van der Waals surface area contributed by atoms with Crippen molar-refractivity contribution in [3.05, 3.63) is 24.3 Å². The van der Waals surface area contributed by atoms with Crippen molar-refractivity contribution in [3.8, 4) is 5.75 Å². The second-order valence-corrected chi connectivity index (χ2v) is 5.79. The predicted octanol–water partition coefficient (Wildman–Crippen LogP) is 0.903. The maximum absolute atomic E-state index is 11.9. The summed E-state index contributed by atoms with van der Waals surface area (Å²) in [6.07, 6.45) is 0.434. The zero-order valence-corrected chi connectivity index (χ0v) is 9.37. The molecule has 0 aliphatic heterocycles. The summed E-state index contributed by atoms with van der Waals surface area (Å²) in [5.41, 5.74) is 5.32. The second-order valence-electron chi connectivity index (χ2n) is 3.43. The molecular formula is C10H15NO3S. The second kappa shape index (κ2) is 4.63. The molecule has 0 aliphatic rings. The smallest absolute Gasteiger partial charge is 0.181 e. The molecular weight excluding hydrogens is 214 g/mol. The van der Waals surface area contributed by atoms with E-state index in [1.165, 1.54) is 24.3 Å². The molecule has 0 heterocycles. The third kappa shape index (κ3) is 2.70. The van der Waals surface area contributed by atoms with Crippen molar-refractivity contribution in [1.82, 2.24) is 0 Å². The number of benzene rings is 1. The Labute approximate surface area is 89.7 Å². The maximum Gasteiger partial charge on any atom is 0.181 e. The van der Waals surface area contributed by atoms with Gasteiger partial charge >= 0.3 is 0 Å². The van der Waals surface area contributed by atoms with Gasteiger partial charge in [-0.15, -0.1) is 0 Å². The number of nitrogens with two attached hydrogens (primary N) is 1. The fraction of sp³-hybridized carbons (Fsp3) is 0.400. The minimum Gasteiger partial charge on any atom is -0.508 e. The van der Waals surface area contributed by atoms with Gasteiger partial charge in [0.05, 0.1) is 10.1 Å². The third-order valence-corrected chi connectivity index (χ3v) is 4.49. The van der Waals surface area contributed by atoms with Crippen LogP contribution in [0.15, 0.2) is 29.2 Å². The van der Waals surface area contributed by atoms with Crippen LogP contribution >= 0.6 is 0 Å². The van der Waals surface area contributed by atoms with Crippen LogP contribution in [0.3, 0.4) is 0 Å². The molecule has 0 saturated heterocycles. The first-order chi connectivity index (χ1) is 6.98. The molecule has 4 nitrogen and oxygen atoms in total. The van der Waals surface area contributed by atoms with E-state index >= 15 is 0 Å². The molecule has 1 aromatic rings. The van der Waals surface area contributed by atoms with Gasteiger partial charge in [-0.3, -0.25) is 0 Å². The lowest BCUT2D eigenvalue weighted by molar-refractivity contribution is 0.474. The lowest BCUT2D eigenvalue weighted by atomic mass is 10.3. The summed E-state index contributed by atoms with van der Waals surface area (Å²) in [7, 11) is -3.31. The summed E-state index contributed by atoms with van der Waals surface area (Å²) < 4.78 is 23.8. The van der Waals surface area contributed by atoms with Crippen molar-refractivity contribution >= 4 is 9.84 Å². The van der Waals surface area contributed by atoms with Crippen molar-refractivity contribution in [3.63, 3.8) is 0 Å². The molecule has 1 unspecified atom stereocenters. The highest BCUT2D eigenvalue weighted by atomic mass is 32.2. The van der Waals surface area contributed by atoms with Gasteiger partial charge in [0.15, 0.2) is 9.84 Å². The minimum absolute atomic E-state index is 0.0560. The lowest BCUT2D eigenvalue weighted by Crippen LogP contribution is -2.21. The summed E-state index contributed by atoms with van der Waals surface area (Å²) in [5, 5.41) is 8.56. The molecule has 0 amide bonds. The molecule has 0 aliphatic carbocycles. The van der Waals surface area contributed by atoms with Crippen molar-refractivity contribution in [2.24, 2.45) is 5.73 Å². The van der Waals surface area contributed by atoms with E-state index in [1.807, 2.05) is 0 Å². The molecule has 3 N–H and O–H groups in total. The molecule has 1 atom stereocenters. The van der Waals surface area contributed by atoms with Crippen molar-refractivity contribution in [2.45, 2.75) is 23.5 Å². The number of aromatic hydroxyl groups is 1. The number of rotatable bonds is 4. The number of phenols is 1. The van der Waals surface area contributed by atoms with E-state index in [0.717, 1.165) is 0 Å². The molecule has 0 fully saturated rings. The highest BCUT2D eigenvalue weighted by Gasteiger charge is 2.22. The van der Waals surface area contributed by atoms with E-state index in [-0.39, 0.29) is 10.6 Å².